The molecule has 0 amide bonds. The van der Waals surface area contributed by atoms with Crippen LogP contribution in [0.4, 0.5) is 0 Å². The minimum atomic E-state index is -0.707. The maximum atomic E-state index is 10.3. The molecule has 4 heteroatoms. The van der Waals surface area contributed by atoms with Crippen LogP contribution in [0.5, 0.6) is 0 Å². The van der Waals surface area contributed by atoms with E-state index < -0.39 is 5.97 Å². The van der Waals surface area contributed by atoms with Crippen molar-refractivity contribution in [3.63, 3.8) is 0 Å². The molecule has 1 saturated heterocycles. The molecule has 0 aliphatic carbocycles. The number of nitrogens with one attached hydrogen (secondary N) is 1. The summed E-state index contributed by atoms with van der Waals surface area (Å²) in [5.74, 6) is -0.707. The molecule has 2 N–H and O–H groups in total. The Balaban J connectivity index is 2.39. The van der Waals surface area contributed by atoms with Gasteiger partial charge in [0.05, 0.1) is 0 Å². The molecule has 9 heavy (non-hydrogen) atoms. The second-order valence-electron chi connectivity index (χ2n) is 2.03. The molecule has 0 aromatic heterocycles. The van der Waals surface area contributed by atoms with Crippen molar-refractivity contribution in [3.8, 4) is 0 Å². The second kappa shape index (κ2) is 2.69. The van der Waals surface area contributed by atoms with Crippen LogP contribution in [0.25, 0.3) is 0 Å². The predicted octanol–water partition coefficient (Wildman–Crippen LogP) is -0.489. The van der Waals surface area contributed by atoms with E-state index in [1.807, 2.05) is 6.92 Å². The molecule has 0 aromatic carbocycles. The fourth-order valence-electron chi connectivity index (χ4n) is 0.763. The number of hydrogen-bond donors (Lipinski definition) is 2. The predicted molar refractivity (Wildman–Crippen MR) is 34.6 cm³/mol. The van der Waals surface area contributed by atoms with Crippen LogP contribution in [0.15, 0.2) is 0 Å². The van der Waals surface area contributed by atoms with Crippen LogP contribution in [0.1, 0.15) is 6.92 Å². The van der Waals surface area contributed by atoms with Gasteiger partial charge in [-0.1, -0.05) is 0 Å². The van der Waals surface area contributed by atoms with Gasteiger partial charge in [-0.2, -0.15) is 0 Å². The van der Waals surface area contributed by atoms with Crippen molar-refractivity contribution in [1.82, 2.24) is 5.32 Å². The summed E-state index contributed by atoms with van der Waals surface area (Å²) in [7, 11) is 0. The van der Waals surface area contributed by atoms with Gasteiger partial charge in [-0.15, -0.1) is 0 Å². The molecule has 3 nitrogen and oxygen atoms in total. The third kappa shape index (κ3) is 1.68. The minimum absolute atomic E-state index is 0.264. The zero-order chi connectivity index (χ0) is 6.85. The van der Waals surface area contributed by atoms with Crippen LogP contribution in [-0.4, -0.2) is 37.0 Å². The van der Waals surface area contributed by atoms with Crippen LogP contribution in [0.3, 0.4) is 0 Å². The molecular formula is C5H9NO2Se. The zero-order valence-corrected chi connectivity index (χ0v) is 6.84. The number of carbonyl (C=O) groups is 1. The van der Waals surface area contributed by atoms with E-state index in [2.05, 4.69) is 5.32 Å². The molecule has 1 rings (SSSR count). The third-order valence-electron chi connectivity index (χ3n) is 1.25. The molecule has 0 bridgehead atoms. The van der Waals surface area contributed by atoms with Crippen molar-refractivity contribution in [2.24, 2.45) is 0 Å². The number of rotatable bonds is 1. The quantitative estimate of drug-likeness (QED) is 0.554. The molecule has 52 valence electrons. The summed E-state index contributed by atoms with van der Waals surface area (Å²) < 4.78 is 0. The third-order valence-corrected chi connectivity index (χ3v) is 3.68. The van der Waals surface area contributed by atoms with Gasteiger partial charge in [0.2, 0.25) is 0 Å². The van der Waals surface area contributed by atoms with E-state index >= 15 is 0 Å². The molecule has 0 saturated carbocycles. The van der Waals surface area contributed by atoms with Crippen molar-refractivity contribution in [2.75, 3.05) is 0 Å². The molecule has 2 atom stereocenters. The van der Waals surface area contributed by atoms with Gasteiger partial charge in [-0.3, -0.25) is 0 Å². The summed E-state index contributed by atoms with van der Waals surface area (Å²) in [4.78, 5) is 10.7. The Kier molecular flexibility index (Phi) is 2.11. The van der Waals surface area contributed by atoms with Gasteiger partial charge in [-0.05, 0) is 0 Å². The summed E-state index contributed by atoms with van der Waals surface area (Å²) >= 11 is 0.489. The average Bonchev–Trinajstić information content (AvgIpc) is 2.14. The zero-order valence-electron chi connectivity index (χ0n) is 5.13. The Bertz CT molecular complexity index is 128. The van der Waals surface area contributed by atoms with Crippen LogP contribution in [0, 0.1) is 0 Å². The van der Waals surface area contributed by atoms with E-state index in [1.165, 1.54) is 0 Å². The van der Waals surface area contributed by atoms with Gasteiger partial charge in [0, 0.05) is 0 Å². The molecule has 0 unspecified atom stereocenters. The first-order valence-corrected chi connectivity index (χ1v) is 5.00. The molecule has 0 aromatic rings. The first-order chi connectivity index (χ1) is 4.20. The van der Waals surface area contributed by atoms with Crippen LogP contribution < -0.4 is 5.32 Å². The first kappa shape index (κ1) is 7.06. The van der Waals surface area contributed by atoms with Crippen LogP contribution in [-0.2, 0) is 4.79 Å². The van der Waals surface area contributed by atoms with Crippen molar-refractivity contribution >= 4 is 20.9 Å². The molecule has 1 fully saturated rings. The van der Waals surface area contributed by atoms with Crippen molar-refractivity contribution in [1.29, 1.82) is 0 Å². The van der Waals surface area contributed by atoms with E-state index in [1.54, 1.807) is 0 Å². The fourth-order valence-corrected chi connectivity index (χ4v) is 2.82. The van der Waals surface area contributed by atoms with E-state index in [0.29, 0.717) is 19.9 Å². The Morgan fingerprint density at radius 1 is 1.89 bits per heavy atom. The van der Waals surface area contributed by atoms with E-state index in [4.69, 9.17) is 5.11 Å². The number of carboxylic acid groups (broad SMARTS) is 1. The van der Waals surface area contributed by atoms with Gasteiger partial charge in [-0.25, -0.2) is 0 Å². The summed E-state index contributed by atoms with van der Waals surface area (Å²) in [5.41, 5.74) is 0. The number of carboxylic acids is 1. The molecule has 1 heterocycles. The van der Waals surface area contributed by atoms with Crippen molar-refractivity contribution in [3.05, 3.63) is 0 Å². The van der Waals surface area contributed by atoms with Gasteiger partial charge >= 0.3 is 59.4 Å². The Labute approximate surface area is 60.0 Å². The first-order valence-electron chi connectivity index (χ1n) is 2.80. The Morgan fingerprint density at radius 2 is 2.56 bits per heavy atom. The second-order valence-corrected chi connectivity index (χ2v) is 4.92. The van der Waals surface area contributed by atoms with Gasteiger partial charge < -0.3 is 0 Å². The Morgan fingerprint density at radius 3 is 2.78 bits per heavy atom. The van der Waals surface area contributed by atoms with Crippen molar-refractivity contribution < 1.29 is 9.90 Å². The molecule has 1 aliphatic heterocycles. The summed E-state index contributed by atoms with van der Waals surface area (Å²) in [6.07, 6.45) is 0. The average molecular weight is 194 g/mol. The molecule has 0 radical (unpaired) electrons. The van der Waals surface area contributed by atoms with Crippen LogP contribution in [0.2, 0.25) is 5.32 Å². The van der Waals surface area contributed by atoms with E-state index in [9.17, 15) is 4.79 Å². The SMILES string of the molecule is C[C@H]1N[C@@H](C(=O)O)C[Se]1. The van der Waals surface area contributed by atoms with Crippen molar-refractivity contribution in [2.45, 2.75) is 23.2 Å². The molecular weight excluding hydrogens is 185 g/mol. The fraction of sp³-hybridized carbons (Fsp3) is 0.800. The summed E-state index contributed by atoms with van der Waals surface area (Å²) in [5, 5.41) is 12.3. The standard InChI is InChI=1S/C5H9NO2Se/c1-3-6-4(2-9-3)5(7)8/h3-4,6H,2H2,1H3,(H,7,8)/t3-,4+/m0/s1. The van der Waals surface area contributed by atoms with E-state index in [-0.39, 0.29) is 6.04 Å². The number of aliphatic carboxylic acids is 1. The molecule has 1 aliphatic rings. The monoisotopic (exact) mass is 195 g/mol. The maximum absolute atomic E-state index is 10.3. The van der Waals surface area contributed by atoms with Crippen LogP contribution >= 0.6 is 0 Å². The topological polar surface area (TPSA) is 49.3 Å². The molecule has 0 spiro atoms. The van der Waals surface area contributed by atoms with E-state index in [0.717, 1.165) is 5.32 Å². The normalized spacial score (nSPS) is 34.8. The van der Waals surface area contributed by atoms with Gasteiger partial charge in [0.1, 0.15) is 0 Å². The van der Waals surface area contributed by atoms with Gasteiger partial charge in [0.25, 0.3) is 0 Å². The number of hydrogen-bond acceptors (Lipinski definition) is 2. The van der Waals surface area contributed by atoms with Gasteiger partial charge in [0.15, 0.2) is 0 Å². The summed E-state index contributed by atoms with van der Waals surface area (Å²) in [6, 6.07) is -0.264. The summed E-state index contributed by atoms with van der Waals surface area (Å²) in [6.45, 7) is 2.03. The Hall–Kier alpha value is -0.0505.